The molecule has 0 aliphatic rings. The van der Waals surface area contributed by atoms with Gasteiger partial charge in [-0.2, -0.15) is 0 Å². The Bertz CT molecular complexity index is 214. The van der Waals surface area contributed by atoms with Crippen molar-refractivity contribution in [1.82, 2.24) is 0 Å². The van der Waals surface area contributed by atoms with Crippen molar-refractivity contribution in [3.8, 4) is 5.75 Å². The summed E-state index contributed by atoms with van der Waals surface area (Å²) in [6.07, 6.45) is 4.67. The summed E-state index contributed by atoms with van der Waals surface area (Å²) in [6.45, 7) is 2.07. The van der Waals surface area contributed by atoms with Crippen LogP contribution in [0.4, 0.5) is 0 Å². The molecular formula is C10H11O. The predicted octanol–water partition coefficient (Wildman–Crippen LogP) is 2.79. The highest BCUT2D eigenvalue weighted by atomic mass is 16.5. The SMILES string of the molecule is CCC=COc1cc[c]cc1. The third-order valence-electron chi connectivity index (χ3n) is 1.22. The summed E-state index contributed by atoms with van der Waals surface area (Å²) >= 11 is 0. The monoisotopic (exact) mass is 147 g/mol. The van der Waals surface area contributed by atoms with E-state index in [0.717, 1.165) is 12.2 Å². The zero-order valence-corrected chi connectivity index (χ0v) is 6.58. The van der Waals surface area contributed by atoms with Crippen molar-refractivity contribution >= 4 is 0 Å². The molecule has 0 spiro atoms. The van der Waals surface area contributed by atoms with E-state index in [4.69, 9.17) is 4.74 Å². The Morgan fingerprint density at radius 3 is 2.82 bits per heavy atom. The molecule has 0 saturated carbocycles. The summed E-state index contributed by atoms with van der Waals surface area (Å²) in [7, 11) is 0. The van der Waals surface area contributed by atoms with Gasteiger partial charge in [0.25, 0.3) is 0 Å². The largest absolute Gasteiger partial charge is 0.465 e. The number of allylic oxidation sites excluding steroid dienone is 1. The second-order valence-electron chi connectivity index (χ2n) is 2.13. The first-order chi connectivity index (χ1) is 5.43. The summed E-state index contributed by atoms with van der Waals surface area (Å²) in [5.41, 5.74) is 0. The molecule has 1 nitrogen and oxygen atoms in total. The maximum absolute atomic E-state index is 5.25. The third kappa shape index (κ3) is 2.89. The van der Waals surface area contributed by atoms with Crippen LogP contribution in [0.2, 0.25) is 0 Å². The number of hydrogen-bond donors (Lipinski definition) is 0. The van der Waals surface area contributed by atoms with Gasteiger partial charge in [-0.25, -0.2) is 0 Å². The molecule has 11 heavy (non-hydrogen) atoms. The Morgan fingerprint density at radius 1 is 1.45 bits per heavy atom. The molecule has 0 saturated heterocycles. The third-order valence-corrected chi connectivity index (χ3v) is 1.22. The molecule has 0 aliphatic heterocycles. The van der Waals surface area contributed by atoms with Gasteiger partial charge in [0.1, 0.15) is 5.75 Å². The van der Waals surface area contributed by atoms with Gasteiger partial charge in [0.15, 0.2) is 0 Å². The summed E-state index contributed by atoms with van der Waals surface area (Å²) in [6, 6.07) is 10.3. The van der Waals surface area contributed by atoms with E-state index in [1.54, 1.807) is 6.26 Å². The molecule has 0 fully saturated rings. The lowest BCUT2D eigenvalue weighted by atomic mass is 10.3. The molecular weight excluding hydrogens is 136 g/mol. The van der Waals surface area contributed by atoms with Crippen molar-refractivity contribution in [2.45, 2.75) is 13.3 Å². The van der Waals surface area contributed by atoms with E-state index < -0.39 is 0 Å². The van der Waals surface area contributed by atoms with E-state index in [2.05, 4.69) is 13.0 Å². The predicted molar refractivity (Wildman–Crippen MR) is 45.3 cm³/mol. The molecule has 1 aromatic carbocycles. The van der Waals surface area contributed by atoms with Crippen LogP contribution < -0.4 is 4.74 Å². The first-order valence-electron chi connectivity index (χ1n) is 3.71. The van der Waals surface area contributed by atoms with Gasteiger partial charge in [0.05, 0.1) is 6.26 Å². The molecule has 0 unspecified atom stereocenters. The van der Waals surface area contributed by atoms with Crippen molar-refractivity contribution in [3.63, 3.8) is 0 Å². The zero-order valence-electron chi connectivity index (χ0n) is 6.58. The van der Waals surface area contributed by atoms with Crippen LogP contribution in [-0.4, -0.2) is 0 Å². The minimum atomic E-state index is 0.855. The molecule has 0 bridgehead atoms. The van der Waals surface area contributed by atoms with Crippen LogP contribution in [0.5, 0.6) is 5.75 Å². The summed E-state index contributed by atoms with van der Waals surface area (Å²) in [5, 5.41) is 0. The second-order valence-corrected chi connectivity index (χ2v) is 2.13. The molecule has 0 aromatic heterocycles. The van der Waals surface area contributed by atoms with E-state index >= 15 is 0 Å². The van der Waals surface area contributed by atoms with E-state index in [9.17, 15) is 0 Å². The Labute approximate surface area is 67.3 Å². The fourth-order valence-corrected chi connectivity index (χ4v) is 0.673. The maximum atomic E-state index is 5.25. The molecule has 1 aromatic rings. The van der Waals surface area contributed by atoms with Gasteiger partial charge < -0.3 is 4.74 Å². The summed E-state index contributed by atoms with van der Waals surface area (Å²) < 4.78 is 5.25. The maximum Gasteiger partial charge on any atom is 0.126 e. The Morgan fingerprint density at radius 2 is 2.18 bits per heavy atom. The highest BCUT2D eigenvalue weighted by Gasteiger charge is 1.84. The fraction of sp³-hybridized carbons (Fsp3) is 0.200. The first kappa shape index (κ1) is 7.86. The Hall–Kier alpha value is -1.24. The lowest BCUT2D eigenvalue weighted by Crippen LogP contribution is -1.79. The number of ether oxygens (including phenoxy) is 1. The van der Waals surface area contributed by atoms with Gasteiger partial charge in [-0.05, 0) is 30.7 Å². The standard InChI is InChI=1S/C10H11O/c1-2-3-9-11-10-7-5-4-6-8-10/h3,5-9H,2H2,1H3. The molecule has 0 amide bonds. The molecule has 0 aliphatic carbocycles. The lowest BCUT2D eigenvalue weighted by molar-refractivity contribution is 0.479. The molecule has 0 N–H and O–H groups in total. The number of hydrogen-bond acceptors (Lipinski definition) is 1. The van der Waals surface area contributed by atoms with Crippen LogP contribution in [-0.2, 0) is 0 Å². The highest BCUT2D eigenvalue weighted by molar-refractivity contribution is 5.21. The van der Waals surface area contributed by atoms with Crippen LogP contribution in [0.25, 0.3) is 0 Å². The van der Waals surface area contributed by atoms with Gasteiger partial charge in [0, 0.05) is 0 Å². The van der Waals surface area contributed by atoms with E-state index in [1.807, 2.05) is 30.3 Å². The fourth-order valence-electron chi connectivity index (χ4n) is 0.673. The highest BCUT2D eigenvalue weighted by Crippen LogP contribution is 2.07. The van der Waals surface area contributed by atoms with Crippen LogP contribution >= 0.6 is 0 Å². The number of benzene rings is 1. The van der Waals surface area contributed by atoms with Gasteiger partial charge in [0.2, 0.25) is 0 Å². The van der Waals surface area contributed by atoms with Crippen LogP contribution in [0.15, 0.2) is 36.6 Å². The van der Waals surface area contributed by atoms with E-state index in [1.165, 1.54) is 0 Å². The van der Waals surface area contributed by atoms with Gasteiger partial charge in [-0.15, -0.1) is 0 Å². The summed E-state index contributed by atoms with van der Waals surface area (Å²) in [4.78, 5) is 0. The van der Waals surface area contributed by atoms with Gasteiger partial charge >= 0.3 is 0 Å². The number of rotatable bonds is 3. The first-order valence-corrected chi connectivity index (χ1v) is 3.71. The average Bonchev–Trinajstić information content (AvgIpc) is 2.07. The summed E-state index contributed by atoms with van der Waals surface area (Å²) in [5.74, 6) is 0.855. The van der Waals surface area contributed by atoms with Crippen molar-refractivity contribution in [2.24, 2.45) is 0 Å². The molecule has 0 atom stereocenters. The van der Waals surface area contributed by atoms with Crippen molar-refractivity contribution in [1.29, 1.82) is 0 Å². The van der Waals surface area contributed by atoms with Crippen LogP contribution in [0, 0.1) is 6.07 Å². The quantitative estimate of drug-likeness (QED) is 0.597. The molecule has 1 heteroatoms. The van der Waals surface area contributed by atoms with Gasteiger partial charge in [-0.1, -0.05) is 19.1 Å². The molecule has 1 radical (unpaired) electrons. The second kappa shape index (κ2) is 4.56. The van der Waals surface area contributed by atoms with Crippen molar-refractivity contribution < 1.29 is 4.74 Å². The Balaban J connectivity index is 2.45. The zero-order chi connectivity index (χ0) is 7.94. The van der Waals surface area contributed by atoms with Crippen molar-refractivity contribution in [3.05, 3.63) is 42.7 Å². The molecule has 1 rings (SSSR count). The van der Waals surface area contributed by atoms with Crippen LogP contribution in [0.1, 0.15) is 13.3 Å². The average molecular weight is 147 g/mol. The minimum Gasteiger partial charge on any atom is -0.465 e. The van der Waals surface area contributed by atoms with Gasteiger partial charge in [-0.3, -0.25) is 0 Å². The van der Waals surface area contributed by atoms with E-state index in [0.29, 0.717) is 0 Å². The normalized spacial score (nSPS) is 10.3. The lowest BCUT2D eigenvalue weighted by Gasteiger charge is -1.96. The molecule has 0 heterocycles. The van der Waals surface area contributed by atoms with E-state index in [-0.39, 0.29) is 0 Å². The smallest absolute Gasteiger partial charge is 0.126 e. The van der Waals surface area contributed by atoms with Crippen LogP contribution in [0.3, 0.4) is 0 Å². The Kier molecular flexibility index (Phi) is 3.26. The molecule has 57 valence electrons. The minimum absolute atomic E-state index is 0.855. The topological polar surface area (TPSA) is 9.23 Å². The van der Waals surface area contributed by atoms with Crippen molar-refractivity contribution in [2.75, 3.05) is 0 Å².